The minimum absolute atomic E-state index is 1.12. The van der Waals surface area contributed by atoms with Gasteiger partial charge in [-0.15, -0.1) is 11.3 Å². The summed E-state index contributed by atoms with van der Waals surface area (Å²) in [5.74, 6) is 0. The van der Waals surface area contributed by atoms with Crippen molar-refractivity contribution >= 4 is 71.6 Å². The van der Waals surface area contributed by atoms with Crippen molar-refractivity contribution in [3.63, 3.8) is 0 Å². The first-order chi connectivity index (χ1) is 27.3. The first-order valence-electron chi connectivity index (χ1n) is 18.7. The third kappa shape index (κ3) is 6.11. The van der Waals surface area contributed by atoms with Crippen LogP contribution >= 0.6 is 11.3 Å². The maximum Gasteiger partial charge on any atom is 0.0619 e. The van der Waals surface area contributed by atoms with Gasteiger partial charge >= 0.3 is 0 Å². The highest BCUT2D eigenvalue weighted by Gasteiger charge is 2.21. The summed E-state index contributed by atoms with van der Waals surface area (Å²) >= 11 is 1.85. The van der Waals surface area contributed by atoms with E-state index in [2.05, 4.69) is 228 Å². The zero-order chi connectivity index (χ0) is 36.6. The van der Waals surface area contributed by atoms with Gasteiger partial charge in [-0.2, -0.15) is 0 Å². The molecule has 0 aliphatic rings. The van der Waals surface area contributed by atoms with Crippen LogP contribution in [0.15, 0.2) is 206 Å². The Morgan fingerprint density at radius 3 is 1.71 bits per heavy atom. The van der Waals surface area contributed by atoms with Crippen LogP contribution in [0.2, 0.25) is 0 Å². The van der Waals surface area contributed by atoms with E-state index in [1.165, 1.54) is 53.5 Å². The molecule has 0 N–H and O–H groups in total. The summed E-state index contributed by atoms with van der Waals surface area (Å²) in [6, 6.07) is 74.2. The Hall–Kier alpha value is -6.94. The highest BCUT2D eigenvalue weighted by Crippen LogP contribution is 2.44. The Bertz CT molecular complexity index is 2940. The number of hydrogen-bond donors (Lipinski definition) is 0. The van der Waals surface area contributed by atoms with Crippen LogP contribution in [-0.4, -0.2) is 4.57 Å². The topological polar surface area (TPSA) is 8.17 Å². The Morgan fingerprint density at radius 2 is 0.964 bits per heavy atom. The van der Waals surface area contributed by atoms with Gasteiger partial charge in [0.15, 0.2) is 0 Å². The fourth-order valence-corrected chi connectivity index (χ4v) is 8.91. The van der Waals surface area contributed by atoms with E-state index in [9.17, 15) is 0 Å². The van der Waals surface area contributed by atoms with E-state index < -0.39 is 0 Å². The molecule has 8 aromatic carbocycles. The van der Waals surface area contributed by atoms with Gasteiger partial charge in [-0.05, 0) is 95.1 Å². The molecule has 0 saturated heterocycles. The first kappa shape index (κ1) is 32.7. The van der Waals surface area contributed by atoms with Crippen molar-refractivity contribution in [2.24, 2.45) is 0 Å². The summed E-state index contributed by atoms with van der Waals surface area (Å²) in [7, 11) is 0. The Balaban J connectivity index is 1.04. The van der Waals surface area contributed by atoms with Crippen LogP contribution in [0, 0.1) is 0 Å². The van der Waals surface area contributed by atoms with E-state index in [1.807, 2.05) is 11.3 Å². The second-order valence-electron chi connectivity index (χ2n) is 13.8. The zero-order valence-corrected chi connectivity index (χ0v) is 30.9. The average molecular weight is 721 g/mol. The SMILES string of the molecule is C(=C\c1ccc2c(c1)c(-c1ccccc1)c(-c1ccccc1)n2-c1ccccc1)/c1ccc(N(c2ccccc2)c2ccc3sc4ccccc4c3c2)cc1. The molecule has 10 aromatic rings. The molecule has 0 fully saturated rings. The van der Waals surface area contributed by atoms with Gasteiger partial charge in [-0.25, -0.2) is 0 Å². The maximum atomic E-state index is 2.41. The zero-order valence-electron chi connectivity index (χ0n) is 30.1. The van der Waals surface area contributed by atoms with Gasteiger partial charge in [0, 0.05) is 53.9 Å². The number of hydrogen-bond acceptors (Lipinski definition) is 2. The van der Waals surface area contributed by atoms with Gasteiger partial charge in [0.25, 0.3) is 0 Å². The number of thiophene rings is 1. The van der Waals surface area contributed by atoms with Crippen molar-refractivity contribution < 1.29 is 0 Å². The molecule has 0 amide bonds. The molecular weight excluding hydrogens is 685 g/mol. The van der Waals surface area contributed by atoms with E-state index in [0.29, 0.717) is 0 Å². The van der Waals surface area contributed by atoms with Crippen LogP contribution in [0.3, 0.4) is 0 Å². The highest BCUT2D eigenvalue weighted by molar-refractivity contribution is 7.25. The molecule has 55 heavy (non-hydrogen) atoms. The lowest BCUT2D eigenvalue weighted by Crippen LogP contribution is -2.09. The van der Waals surface area contributed by atoms with Crippen LogP contribution in [0.1, 0.15) is 11.1 Å². The van der Waals surface area contributed by atoms with Crippen molar-refractivity contribution in [3.05, 3.63) is 217 Å². The van der Waals surface area contributed by atoms with Gasteiger partial charge < -0.3 is 9.47 Å². The summed E-state index contributed by atoms with van der Waals surface area (Å²) in [5.41, 5.74) is 12.8. The van der Waals surface area contributed by atoms with E-state index in [-0.39, 0.29) is 0 Å². The number of benzene rings is 8. The number of rotatable bonds is 8. The molecule has 0 aliphatic heterocycles. The molecular formula is C52H36N2S. The third-order valence-corrected chi connectivity index (χ3v) is 11.5. The Kier molecular flexibility index (Phi) is 8.40. The number of anilines is 3. The molecule has 0 atom stereocenters. The predicted molar refractivity (Wildman–Crippen MR) is 237 cm³/mol. The predicted octanol–water partition coefficient (Wildman–Crippen LogP) is 15.0. The van der Waals surface area contributed by atoms with E-state index >= 15 is 0 Å². The fraction of sp³-hybridized carbons (Fsp3) is 0. The fourth-order valence-electron chi connectivity index (χ4n) is 7.83. The summed E-state index contributed by atoms with van der Waals surface area (Å²) in [6.07, 6.45) is 4.45. The van der Waals surface area contributed by atoms with Gasteiger partial charge in [0.1, 0.15) is 0 Å². The molecule has 2 nitrogen and oxygen atoms in total. The standard InChI is InChI=1S/C52H36N2S/c1-5-15-39(16-6-1)51-47-35-38(29-33-48(47)54(42-21-11-4-12-22-42)52(51)40-17-7-2-8-18-40)26-25-37-27-30-43(31-28-37)53(41-19-9-3-10-20-41)44-32-34-50-46(36-44)45-23-13-14-24-49(45)55-50/h1-36H/b26-25+. The van der Waals surface area contributed by atoms with Crippen molar-refractivity contribution in [2.45, 2.75) is 0 Å². The largest absolute Gasteiger partial charge is 0.310 e. The lowest BCUT2D eigenvalue weighted by molar-refractivity contribution is 1.13. The van der Waals surface area contributed by atoms with Crippen LogP contribution in [0.4, 0.5) is 17.1 Å². The van der Waals surface area contributed by atoms with Crippen LogP contribution in [-0.2, 0) is 0 Å². The van der Waals surface area contributed by atoms with Gasteiger partial charge in [-0.3, -0.25) is 0 Å². The molecule has 3 heteroatoms. The first-order valence-corrected chi connectivity index (χ1v) is 19.5. The molecule has 0 aliphatic carbocycles. The molecule has 0 spiro atoms. The second-order valence-corrected chi connectivity index (χ2v) is 14.9. The molecule has 2 heterocycles. The Morgan fingerprint density at radius 1 is 0.400 bits per heavy atom. The molecule has 0 saturated carbocycles. The van der Waals surface area contributed by atoms with Crippen LogP contribution < -0.4 is 4.90 Å². The lowest BCUT2D eigenvalue weighted by atomic mass is 9.97. The molecule has 2 aromatic heterocycles. The number of para-hydroxylation sites is 2. The Labute approximate surface area is 325 Å². The number of fused-ring (bicyclic) bond motifs is 4. The minimum Gasteiger partial charge on any atom is -0.310 e. The summed E-state index contributed by atoms with van der Waals surface area (Å²) in [4.78, 5) is 2.35. The van der Waals surface area contributed by atoms with Crippen molar-refractivity contribution in [1.82, 2.24) is 4.57 Å². The van der Waals surface area contributed by atoms with Crippen molar-refractivity contribution in [3.8, 4) is 28.1 Å². The molecule has 0 radical (unpaired) electrons. The second kappa shape index (κ2) is 14.1. The van der Waals surface area contributed by atoms with Crippen molar-refractivity contribution in [2.75, 3.05) is 4.90 Å². The van der Waals surface area contributed by atoms with E-state index in [1.54, 1.807) is 0 Å². The molecule has 10 rings (SSSR count). The minimum atomic E-state index is 1.12. The summed E-state index contributed by atoms with van der Waals surface area (Å²) < 4.78 is 5.04. The summed E-state index contributed by atoms with van der Waals surface area (Å²) in [6.45, 7) is 0. The quantitative estimate of drug-likeness (QED) is 0.142. The third-order valence-electron chi connectivity index (χ3n) is 10.4. The maximum absolute atomic E-state index is 2.41. The highest BCUT2D eigenvalue weighted by atomic mass is 32.1. The average Bonchev–Trinajstić information content (AvgIpc) is 3.80. The van der Waals surface area contributed by atoms with Crippen LogP contribution in [0.25, 0.3) is 71.3 Å². The molecule has 260 valence electrons. The lowest BCUT2D eigenvalue weighted by Gasteiger charge is -2.25. The van der Waals surface area contributed by atoms with Crippen LogP contribution in [0.5, 0.6) is 0 Å². The number of aromatic nitrogens is 1. The monoisotopic (exact) mass is 720 g/mol. The molecule has 0 unspecified atom stereocenters. The summed E-state index contributed by atoms with van der Waals surface area (Å²) in [5, 5.41) is 3.82. The van der Waals surface area contributed by atoms with Gasteiger partial charge in [0.2, 0.25) is 0 Å². The normalized spacial score (nSPS) is 11.6. The van der Waals surface area contributed by atoms with E-state index in [4.69, 9.17) is 0 Å². The van der Waals surface area contributed by atoms with Gasteiger partial charge in [-0.1, -0.05) is 146 Å². The molecule has 0 bridgehead atoms. The van der Waals surface area contributed by atoms with E-state index in [0.717, 1.165) is 33.9 Å². The smallest absolute Gasteiger partial charge is 0.0619 e. The van der Waals surface area contributed by atoms with Crippen molar-refractivity contribution in [1.29, 1.82) is 0 Å². The van der Waals surface area contributed by atoms with Gasteiger partial charge in [0.05, 0.1) is 11.2 Å². The number of nitrogens with zero attached hydrogens (tertiary/aromatic N) is 2.